The van der Waals surface area contributed by atoms with E-state index < -0.39 is 0 Å². The zero-order valence-corrected chi connectivity index (χ0v) is 17.9. The quantitative estimate of drug-likeness (QED) is 0.773. The van der Waals surface area contributed by atoms with Gasteiger partial charge < -0.3 is 14.7 Å². The number of nitrogens with zero attached hydrogens (tertiary/aromatic N) is 2. The van der Waals surface area contributed by atoms with Gasteiger partial charge in [0.2, 0.25) is 0 Å². The van der Waals surface area contributed by atoms with Crippen LogP contribution in [0.15, 0.2) is 30.3 Å². The first kappa shape index (κ1) is 20.2. The molecule has 1 aromatic rings. The van der Waals surface area contributed by atoms with E-state index in [-0.39, 0.29) is 6.10 Å². The van der Waals surface area contributed by atoms with Crippen molar-refractivity contribution in [2.24, 2.45) is 16.7 Å². The van der Waals surface area contributed by atoms with Crippen LogP contribution in [-0.4, -0.2) is 61.5 Å². The first-order valence-corrected chi connectivity index (χ1v) is 11.2. The lowest BCUT2D eigenvalue weighted by Gasteiger charge is -2.39. The Hall–Kier alpha value is -1.10. The summed E-state index contributed by atoms with van der Waals surface area (Å²) in [4.78, 5) is 4.83. The maximum atomic E-state index is 10.5. The molecule has 0 radical (unpaired) electrons. The van der Waals surface area contributed by atoms with Crippen LogP contribution < -0.4 is 4.90 Å². The lowest BCUT2D eigenvalue weighted by atomic mass is 9.70. The van der Waals surface area contributed by atoms with Crippen LogP contribution in [0.3, 0.4) is 0 Å². The molecule has 0 spiro atoms. The molecule has 2 bridgehead atoms. The van der Waals surface area contributed by atoms with Crippen LogP contribution in [0.5, 0.6) is 0 Å². The molecular weight excluding hydrogens is 348 g/mol. The molecule has 3 aliphatic rings. The van der Waals surface area contributed by atoms with Crippen LogP contribution in [0.1, 0.15) is 46.5 Å². The van der Waals surface area contributed by atoms with Crippen LogP contribution in [0.4, 0.5) is 5.69 Å². The molecule has 1 heterocycles. The average molecular weight is 387 g/mol. The van der Waals surface area contributed by atoms with Gasteiger partial charge in [0.15, 0.2) is 0 Å². The Morgan fingerprint density at radius 1 is 1.11 bits per heavy atom. The first-order valence-electron chi connectivity index (χ1n) is 11.2. The summed E-state index contributed by atoms with van der Waals surface area (Å²) in [6.45, 7) is 12.8. The fraction of sp³-hybridized carbons (Fsp3) is 0.750. The number of ether oxygens (including phenoxy) is 1. The van der Waals surface area contributed by atoms with Gasteiger partial charge in [0, 0.05) is 45.0 Å². The van der Waals surface area contributed by atoms with Crippen molar-refractivity contribution < 1.29 is 9.84 Å². The van der Waals surface area contributed by atoms with Gasteiger partial charge in [-0.1, -0.05) is 39.0 Å². The number of para-hydroxylation sites is 1. The monoisotopic (exact) mass is 386 g/mol. The van der Waals surface area contributed by atoms with Gasteiger partial charge in [0.25, 0.3) is 0 Å². The fourth-order valence-electron chi connectivity index (χ4n) is 5.95. The molecule has 156 valence electrons. The number of β-amino-alcohol motifs (C(OH)–C–C–N with tert-alkyl or cyclic N) is 1. The molecular formula is C24H38N2O2. The lowest BCUT2D eigenvalue weighted by Crippen LogP contribution is -2.48. The summed E-state index contributed by atoms with van der Waals surface area (Å²) in [6, 6.07) is 10.6. The molecule has 4 nitrogen and oxygen atoms in total. The van der Waals surface area contributed by atoms with E-state index in [0.717, 1.165) is 45.1 Å². The Labute approximate surface area is 170 Å². The molecule has 0 unspecified atom stereocenters. The van der Waals surface area contributed by atoms with E-state index in [9.17, 15) is 5.11 Å². The van der Waals surface area contributed by atoms with Gasteiger partial charge in [0.1, 0.15) is 0 Å². The van der Waals surface area contributed by atoms with Gasteiger partial charge in [-0.05, 0) is 54.6 Å². The SMILES string of the molecule is CC1(C)[C@H]2CC[C@@]1(C)[C@@H](OCC[C@@H](O)CN1CCN(c3ccccc3)CC1)C2. The normalized spacial score (nSPS) is 33.4. The molecule has 4 heteroatoms. The van der Waals surface area contributed by atoms with E-state index in [0.29, 0.717) is 23.5 Å². The Morgan fingerprint density at radius 3 is 2.43 bits per heavy atom. The second-order valence-corrected chi connectivity index (χ2v) is 10.0. The summed E-state index contributed by atoms with van der Waals surface area (Å²) in [5, 5.41) is 10.5. The standard InChI is InChI=1S/C24H38N2O2/c1-23(2)19-9-11-24(23,3)22(17-19)28-16-10-21(27)18-25-12-14-26(15-13-25)20-7-5-4-6-8-20/h4-8,19,21-22,27H,9-18H2,1-3H3/t19-,21+,22-,24-/m0/s1. The van der Waals surface area contributed by atoms with Crippen LogP contribution in [-0.2, 0) is 4.74 Å². The van der Waals surface area contributed by atoms with Crippen molar-refractivity contribution >= 4 is 5.69 Å². The summed E-state index contributed by atoms with van der Waals surface area (Å²) < 4.78 is 6.32. The van der Waals surface area contributed by atoms with Crippen molar-refractivity contribution in [1.82, 2.24) is 4.90 Å². The number of aliphatic hydroxyl groups excluding tert-OH is 1. The van der Waals surface area contributed by atoms with Gasteiger partial charge in [-0.2, -0.15) is 0 Å². The minimum atomic E-state index is -0.289. The molecule has 1 saturated heterocycles. The highest BCUT2D eigenvalue weighted by atomic mass is 16.5. The highest BCUT2D eigenvalue weighted by Crippen LogP contribution is 2.66. The highest BCUT2D eigenvalue weighted by molar-refractivity contribution is 5.46. The predicted octanol–water partition coefficient (Wildman–Crippen LogP) is 3.79. The number of aliphatic hydroxyl groups is 1. The zero-order chi connectivity index (χ0) is 19.8. The molecule has 4 rings (SSSR count). The van der Waals surface area contributed by atoms with Gasteiger partial charge in [0.05, 0.1) is 12.2 Å². The summed E-state index contributed by atoms with van der Waals surface area (Å²) in [5.74, 6) is 0.813. The van der Waals surface area contributed by atoms with E-state index in [1.807, 2.05) is 0 Å². The molecule has 1 aliphatic heterocycles. The number of anilines is 1. The molecule has 28 heavy (non-hydrogen) atoms. The van der Waals surface area contributed by atoms with Gasteiger partial charge >= 0.3 is 0 Å². The van der Waals surface area contributed by atoms with E-state index >= 15 is 0 Å². The number of piperazine rings is 1. The van der Waals surface area contributed by atoms with Crippen LogP contribution in [0.2, 0.25) is 0 Å². The van der Waals surface area contributed by atoms with Crippen molar-refractivity contribution in [3.8, 4) is 0 Å². The van der Waals surface area contributed by atoms with Crippen molar-refractivity contribution in [3.05, 3.63) is 30.3 Å². The number of hydrogen-bond acceptors (Lipinski definition) is 4. The first-order chi connectivity index (χ1) is 13.4. The highest BCUT2D eigenvalue weighted by Gasteiger charge is 2.61. The van der Waals surface area contributed by atoms with Gasteiger partial charge in [-0.3, -0.25) is 4.90 Å². The third kappa shape index (κ3) is 3.71. The Morgan fingerprint density at radius 2 is 1.82 bits per heavy atom. The third-order valence-corrected chi connectivity index (χ3v) is 8.45. The maximum Gasteiger partial charge on any atom is 0.0689 e. The second kappa shape index (κ2) is 7.97. The topological polar surface area (TPSA) is 35.9 Å². The van der Waals surface area contributed by atoms with Gasteiger partial charge in [-0.15, -0.1) is 0 Å². The third-order valence-electron chi connectivity index (χ3n) is 8.45. The van der Waals surface area contributed by atoms with Crippen molar-refractivity contribution in [2.45, 2.75) is 58.7 Å². The van der Waals surface area contributed by atoms with Gasteiger partial charge in [-0.25, -0.2) is 0 Å². The molecule has 1 aromatic carbocycles. The Bertz CT molecular complexity index is 641. The molecule has 3 fully saturated rings. The predicted molar refractivity (Wildman–Crippen MR) is 115 cm³/mol. The van der Waals surface area contributed by atoms with E-state index in [1.54, 1.807) is 0 Å². The Balaban J connectivity index is 1.17. The Kier molecular flexibility index (Phi) is 5.74. The number of rotatable bonds is 7. The number of hydrogen-bond donors (Lipinski definition) is 1. The summed E-state index contributed by atoms with van der Waals surface area (Å²) in [5.41, 5.74) is 2.02. The maximum absolute atomic E-state index is 10.5. The summed E-state index contributed by atoms with van der Waals surface area (Å²) >= 11 is 0. The molecule has 0 aromatic heterocycles. The minimum absolute atomic E-state index is 0.289. The smallest absolute Gasteiger partial charge is 0.0689 e. The van der Waals surface area contributed by atoms with E-state index in [1.165, 1.54) is 24.9 Å². The molecule has 2 saturated carbocycles. The van der Waals surface area contributed by atoms with Crippen molar-refractivity contribution in [1.29, 1.82) is 0 Å². The summed E-state index contributed by atoms with van der Waals surface area (Å²) in [7, 11) is 0. The molecule has 1 N–H and O–H groups in total. The largest absolute Gasteiger partial charge is 0.392 e. The zero-order valence-electron chi connectivity index (χ0n) is 17.9. The number of benzene rings is 1. The fourth-order valence-corrected chi connectivity index (χ4v) is 5.95. The average Bonchev–Trinajstić information content (AvgIpc) is 3.03. The van der Waals surface area contributed by atoms with Crippen molar-refractivity contribution in [3.63, 3.8) is 0 Å². The van der Waals surface area contributed by atoms with Crippen LogP contribution in [0.25, 0.3) is 0 Å². The van der Waals surface area contributed by atoms with Crippen molar-refractivity contribution in [2.75, 3.05) is 44.2 Å². The lowest BCUT2D eigenvalue weighted by molar-refractivity contribution is -0.0564. The molecule has 0 amide bonds. The minimum Gasteiger partial charge on any atom is -0.392 e. The second-order valence-electron chi connectivity index (χ2n) is 10.0. The molecule has 4 atom stereocenters. The van der Waals surface area contributed by atoms with Crippen LogP contribution >= 0.6 is 0 Å². The van der Waals surface area contributed by atoms with E-state index in [4.69, 9.17) is 4.74 Å². The summed E-state index contributed by atoms with van der Waals surface area (Å²) in [6.07, 6.45) is 4.70. The molecule has 2 aliphatic carbocycles. The number of fused-ring (bicyclic) bond motifs is 2. The van der Waals surface area contributed by atoms with E-state index in [2.05, 4.69) is 60.9 Å². The van der Waals surface area contributed by atoms with Crippen LogP contribution in [0, 0.1) is 16.7 Å².